The Hall–Kier alpha value is -3.52. The summed E-state index contributed by atoms with van der Waals surface area (Å²) < 4.78 is 17.3. The number of nitrogens with zero attached hydrogens (tertiary/aromatic N) is 2. The predicted molar refractivity (Wildman–Crippen MR) is 150 cm³/mol. The Labute approximate surface area is 226 Å². The highest BCUT2D eigenvalue weighted by atomic mass is 35.5. The minimum Gasteiger partial charge on any atom is -0.491 e. The highest BCUT2D eigenvalue weighted by Gasteiger charge is 2.21. The largest absolute Gasteiger partial charge is 0.491 e. The van der Waals surface area contributed by atoms with Gasteiger partial charge in [-0.3, -0.25) is 9.69 Å². The third-order valence-electron chi connectivity index (χ3n) is 6.61. The molecule has 0 aliphatic carbocycles. The maximum atomic E-state index is 13.0. The zero-order chi connectivity index (χ0) is 26.6. The van der Waals surface area contributed by atoms with Crippen molar-refractivity contribution in [2.45, 2.75) is 20.0 Å². The quantitative estimate of drug-likeness (QED) is 0.323. The van der Waals surface area contributed by atoms with Gasteiger partial charge in [0.1, 0.15) is 36.1 Å². The van der Waals surface area contributed by atoms with Gasteiger partial charge in [0.05, 0.1) is 16.1 Å². The van der Waals surface area contributed by atoms with Crippen LogP contribution in [0.3, 0.4) is 0 Å². The average molecular weight is 535 g/mol. The third-order valence-corrected chi connectivity index (χ3v) is 6.93. The van der Waals surface area contributed by atoms with Crippen molar-refractivity contribution < 1.29 is 19.0 Å². The molecule has 0 saturated carbocycles. The van der Waals surface area contributed by atoms with E-state index in [1.54, 1.807) is 18.2 Å². The molecule has 198 valence electrons. The molecule has 8 heteroatoms. The van der Waals surface area contributed by atoms with Gasteiger partial charge in [-0.05, 0) is 61.4 Å². The molecule has 1 aromatic heterocycles. The van der Waals surface area contributed by atoms with E-state index in [2.05, 4.69) is 9.80 Å². The van der Waals surface area contributed by atoms with Gasteiger partial charge < -0.3 is 23.9 Å². The first-order valence-electron chi connectivity index (χ1n) is 12.7. The zero-order valence-electron chi connectivity index (χ0n) is 21.5. The molecule has 7 nitrogen and oxygen atoms in total. The molecule has 0 radical (unpaired) electrons. The van der Waals surface area contributed by atoms with Crippen molar-refractivity contribution in [2.24, 2.45) is 0 Å². The smallest absolute Gasteiger partial charge is 0.235 e. The van der Waals surface area contributed by atoms with Crippen LogP contribution in [0.25, 0.3) is 11.0 Å². The second-order valence-electron chi connectivity index (χ2n) is 9.72. The predicted octanol–water partition coefficient (Wildman–Crippen LogP) is 5.42. The number of ether oxygens (including phenoxy) is 2. The van der Waals surface area contributed by atoms with Gasteiger partial charge in [0, 0.05) is 38.8 Å². The number of rotatable bonds is 8. The first-order chi connectivity index (χ1) is 18.4. The van der Waals surface area contributed by atoms with E-state index in [0.717, 1.165) is 48.0 Å². The second-order valence-corrected chi connectivity index (χ2v) is 10.1. The fourth-order valence-corrected chi connectivity index (χ4v) is 5.05. The summed E-state index contributed by atoms with van der Waals surface area (Å²) in [5.74, 6) is 1.24. The van der Waals surface area contributed by atoms with Crippen LogP contribution in [0.2, 0.25) is 5.02 Å². The molecule has 0 amide bonds. The Morgan fingerprint density at radius 3 is 2.45 bits per heavy atom. The summed E-state index contributed by atoms with van der Waals surface area (Å²) in [5, 5.41) is 11.7. The first kappa shape index (κ1) is 26.1. The maximum absolute atomic E-state index is 13.0. The molecule has 5 rings (SSSR count). The Morgan fingerprint density at radius 2 is 1.71 bits per heavy atom. The minimum absolute atomic E-state index is 0.126. The molecule has 38 heavy (non-hydrogen) atoms. The van der Waals surface area contributed by atoms with Crippen LogP contribution in [0, 0.1) is 13.8 Å². The zero-order valence-corrected chi connectivity index (χ0v) is 22.3. The Bertz CT molecular complexity index is 1460. The highest BCUT2D eigenvalue weighted by Crippen LogP contribution is 2.27. The molecule has 0 bridgehead atoms. The normalized spacial score (nSPS) is 15.0. The molecule has 0 spiro atoms. The molecular weight excluding hydrogens is 504 g/mol. The number of anilines is 1. The van der Waals surface area contributed by atoms with Gasteiger partial charge in [-0.15, -0.1) is 0 Å². The summed E-state index contributed by atoms with van der Waals surface area (Å²) in [5.41, 5.74) is 3.28. The van der Waals surface area contributed by atoms with Crippen molar-refractivity contribution in [1.82, 2.24) is 4.90 Å². The first-order valence-corrected chi connectivity index (χ1v) is 13.1. The third kappa shape index (κ3) is 6.13. The van der Waals surface area contributed by atoms with Crippen LogP contribution in [0.1, 0.15) is 11.1 Å². The molecular formula is C30H31ClN2O5. The number of benzene rings is 3. The Balaban J connectivity index is 1.15. The lowest BCUT2D eigenvalue weighted by atomic mass is 10.1. The van der Waals surface area contributed by atoms with E-state index in [1.165, 1.54) is 6.26 Å². The average Bonchev–Trinajstić information content (AvgIpc) is 2.89. The van der Waals surface area contributed by atoms with E-state index in [-0.39, 0.29) is 17.8 Å². The molecule has 0 unspecified atom stereocenters. The topological polar surface area (TPSA) is 75.4 Å². The number of aryl methyl sites for hydroxylation is 2. The lowest BCUT2D eigenvalue weighted by Gasteiger charge is -2.37. The van der Waals surface area contributed by atoms with Crippen LogP contribution in [-0.2, 0) is 0 Å². The fraction of sp³-hybridized carbons (Fsp3) is 0.300. The number of β-amino-alcohol motifs (C(OH)–C–C–N with tert-alkyl or cyclic N) is 1. The van der Waals surface area contributed by atoms with E-state index in [1.807, 2.05) is 56.3 Å². The van der Waals surface area contributed by atoms with E-state index < -0.39 is 6.10 Å². The number of hydrogen-bond donors (Lipinski definition) is 1. The molecule has 1 aliphatic rings. The molecule has 1 fully saturated rings. The second kappa shape index (κ2) is 11.5. The summed E-state index contributed by atoms with van der Waals surface area (Å²) in [4.78, 5) is 17.4. The van der Waals surface area contributed by atoms with Crippen molar-refractivity contribution in [3.63, 3.8) is 0 Å². The number of fused-ring (bicyclic) bond motifs is 1. The standard InChI is InChI=1S/C30H31ClN2O5/c1-20-13-21(2)15-24(14-20)38-29-19-37-28-16-23(7-8-25(28)30(29)35)36-18-22(34)17-32-9-11-33(12-10-32)27-6-4-3-5-26(27)31/h3-8,13-16,19,22,34H,9-12,17-18H2,1-2H3/t22-/m0/s1. The van der Waals surface area contributed by atoms with Gasteiger partial charge in [-0.2, -0.15) is 0 Å². The van der Waals surface area contributed by atoms with Crippen LogP contribution in [0.15, 0.2) is 76.1 Å². The van der Waals surface area contributed by atoms with E-state index >= 15 is 0 Å². The maximum Gasteiger partial charge on any atom is 0.235 e. The van der Waals surface area contributed by atoms with Crippen LogP contribution < -0.4 is 19.8 Å². The molecule has 1 saturated heterocycles. The van der Waals surface area contributed by atoms with Crippen molar-refractivity contribution in [1.29, 1.82) is 0 Å². The van der Waals surface area contributed by atoms with Gasteiger partial charge in [0.2, 0.25) is 11.2 Å². The number of halogens is 1. The number of hydrogen-bond acceptors (Lipinski definition) is 7. The minimum atomic E-state index is -0.655. The molecule has 3 aromatic carbocycles. The lowest BCUT2D eigenvalue weighted by molar-refractivity contribution is 0.0663. The van der Waals surface area contributed by atoms with Gasteiger partial charge >= 0.3 is 0 Å². The van der Waals surface area contributed by atoms with E-state index in [4.69, 9.17) is 25.5 Å². The number of piperazine rings is 1. The van der Waals surface area contributed by atoms with Crippen molar-refractivity contribution in [2.75, 3.05) is 44.2 Å². The fourth-order valence-electron chi connectivity index (χ4n) is 4.79. The van der Waals surface area contributed by atoms with Crippen molar-refractivity contribution >= 4 is 28.3 Å². The van der Waals surface area contributed by atoms with E-state index in [9.17, 15) is 9.90 Å². The summed E-state index contributed by atoms with van der Waals surface area (Å²) >= 11 is 6.33. The van der Waals surface area contributed by atoms with Gasteiger partial charge in [-0.1, -0.05) is 29.8 Å². The summed E-state index contributed by atoms with van der Waals surface area (Å²) in [6.45, 7) is 7.94. The monoisotopic (exact) mass is 534 g/mol. The van der Waals surface area contributed by atoms with Crippen LogP contribution >= 0.6 is 11.6 Å². The lowest BCUT2D eigenvalue weighted by Crippen LogP contribution is -2.49. The van der Waals surface area contributed by atoms with Crippen LogP contribution in [-0.4, -0.2) is 55.4 Å². The van der Waals surface area contributed by atoms with Crippen molar-refractivity contribution in [3.8, 4) is 17.2 Å². The molecule has 4 aromatic rings. The molecule has 1 aliphatic heterocycles. The van der Waals surface area contributed by atoms with Gasteiger partial charge in [0.15, 0.2) is 0 Å². The van der Waals surface area contributed by atoms with Gasteiger partial charge in [-0.25, -0.2) is 0 Å². The molecule has 1 N–H and O–H groups in total. The van der Waals surface area contributed by atoms with E-state index in [0.29, 0.717) is 29.0 Å². The van der Waals surface area contributed by atoms with Gasteiger partial charge in [0.25, 0.3) is 0 Å². The van der Waals surface area contributed by atoms with Crippen molar-refractivity contribution in [3.05, 3.63) is 93.3 Å². The number of para-hydroxylation sites is 1. The Kier molecular flexibility index (Phi) is 7.88. The Morgan fingerprint density at radius 1 is 0.974 bits per heavy atom. The van der Waals surface area contributed by atoms with Crippen LogP contribution in [0.4, 0.5) is 5.69 Å². The molecule has 2 heterocycles. The summed E-state index contributed by atoms with van der Waals surface area (Å²) in [6.07, 6.45) is 0.668. The summed E-state index contributed by atoms with van der Waals surface area (Å²) in [6, 6.07) is 18.7. The number of aliphatic hydroxyl groups is 1. The molecule has 1 atom stereocenters. The SMILES string of the molecule is Cc1cc(C)cc(Oc2coc3cc(OC[C@@H](O)CN4CCN(c5ccccc5Cl)CC4)ccc3c2=O)c1. The van der Waals surface area contributed by atoms with Crippen LogP contribution in [0.5, 0.6) is 17.2 Å². The number of aliphatic hydroxyl groups excluding tert-OH is 1. The highest BCUT2D eigenvalue weighted by molar-refractivity contribution is 6.33. The summed E-state index contributed by atoms with van der Waals surface area (Å²) in [7, 11) is 0.